The van der Waals surface area contributed by atoms with Gasteiger partial charge in [0, 0.05) is 81.6 Å². The second kappa shape index (κ2) is 24.4. The molecule has 24 heteroatoms. The Labute approximate surface area is 367 Å². The van der Waals surface area contributed by atoms with E-state index in [1.807, 2.05) is 4.90 Å². The molecule has 6 N–H and O–H groups in total. The third-order valence-electron chi connectivity index (χ3n) is 8.67. The molecule has 0 radical (unpaired) electrons. The van der Waals surface area contributed by atoms with Crippen LogP contribution in [0.15, 0.2) is 78.0 Å². The molecule has 0 saturated carbocycles. The number of amides is 2. The zero-order chi connectivity index (χ0) is 45.5. The lowest BCUT2D eigenvalue weighted by molar-refractivity contribution is -0.275. The quantitative estimate of drug-likeness (QED) is 0.0582. The van der Waals surface area contributed by atoms with Crippen LogP contribution >= 0.6 is 23.2 Å². The van der Waals surface area contributed by atoms with E-state index in [4.69, 9.17) is 33.4 Å². The molecule has 2 saturated heterocycles. The van der Waals surface area contributed by atoms with Crippen molar-refractivity contribution in [2.24, 2.45) is 4.99 Å². The first kappa shape index (κ1) is 51.9. The third-order valence-corrected chi connectivity index (χ3v) is 9.22. The van der Waals surface area contributed by atoms with Gasteiger partial charge in [0.05, 0.1) is 28.9 Å². The summed E-state index contributed by atoms with van der Waals surface area (Å²) in [5.41, 5.74) is 1.50. The van der Waals surface area contributed by atoms with Crippen molar-refractivity contribution < 1.29 is 65.8 Å². The summed E-state index contributed by atoms with van der Waals surface area (Å²) in [6.45, 7) is 4.47. The third kappa shape index (κ3) is 17.0. The molecule has 0 bridgehead atoms. The number of carbonyl (C=O) groups excluding carboxylic acids is 2. The Morgan fingerprint density at radius 1 is 0.762 bits per heavy atom. The molecule has 0 spiro atoms. The minimum Gasteiger partial charge on any atom is -0.406 e. The highest BCUT2D eigenvalue weighted by molar-refractivity contribution is 6.33. The van der Waals surface area contributed by atoms with Crippen molar-refractivity contribution in [3.05, 3.63) is 94.2 Å². The summed E-state index contributed by atoms with van der Waals surface area (Å²) < 4.78 is 79.1. The number of aliphatic hydroxyl groups is 4. The molecule has 4 heterocycles. The molecular formula is C39H44Cl2F6N8O8. The maximum Gasteiger partial charge on any atom is 0.573 e. The Morgan fingerprint density at radius 3 is 1.59 bits per heavy atom. The standard InChI is InChI=1S/C19H20ClF3N4O4.C11H16ClN3O2.C8H4F3NO2.CH4/c20-15-9-12(16(29)11-28)10-24-17(15)26-5-7-27(8-6-26)18(30)25-13-1-3-14(4-2-13)31-19(21,22)23;12-9-5-8(10(17)7-16)6-14-11(9)15-3-1-13-2-4-15;9-8(10,11)14-7-3-1-6(2-4-7)12-5-13;/h1-4,9-10,16,28-29H,5-8,11H2,(H,25,30);5-6,10,13,16-17H,1-4,7H2;1-4H;1H4/t16-;10-;;/m11../s1. The normalized spacial score (nSPS) is 14.9. The molecule has 2 aromatic heterocycles. The van der Waals surface area contributed by atoms with E-state index in [-0.39, 0.29) is 37.3 Å². The number of isocyanates is 1. The smallest absolute Gasteiger partial charge is 0.406 e. The van der Waals surface area contributed by atoms with E-state index in [1.54, 1.807) is 17.2 Å². The number of nitrogens with zero attached hydrogens (tertiary/aromatic N) is 6. The van der Waals surface area contributed by atoms with Crippen molar-refractivity contribution >= 4 is 58.3 Å². The number of urea groups is 1. The number of rotatable bonds is 10. The summed E-state index contributed by atoms with van der Waals surface area (Å²) in [6, 6.07) is 12.2. The van der Waals surface area contributed by atoms with Gasteiger partial charge in [-0.25, -0.2) is 19.6 Å². The van der Waals surface area contributed by atoms with Crippen molar-refractivity contribution in [1.29, 1.82) is 0 Å². The molecule has 2 aliphatic heterocycles. The van der Waals surface area contributed by atoms with Crippen LogP contribution in [-0.2, 0) is 4.79 Å². The molecule has 4 aromatic rings. The van der Waals surface area contributed by atoms with Crippen LogP contribution < -0.4 is 29.9 Å². The highest BCUT2D eigenvalue weighted by atomic mass is 35.5. The van der Waals surface area contributed by atoms with E-state index >= 15 is 0 Å². The molecule has 0 aliphatic carbocycles. The zero-order valence-electron chi connectivity index (χ0n) is 32.3. The zero-order valence-corrected chi connectivity index (χ0v) is 33.8. The van der Waals surface area contributed by atoms with Crippen LogP contribution in [0.2, 0.25) is 10.0 Å². The molecule has 344 valence electrons. The van der Waals surface area contributed by atoms with E-state index < -0.39 is 31.5 Å². The first-order valence-electron chi connectivity index (χ1n) is 18.3. The molecule has 63 heavy (non-hydrogen) atoms. The molecule has 2 aliphatic rings. The lowest BCUT2D eigenvalue weighted by Gasteiger charge is -2.35. The van der Waals surface area contributed by atoms with Crippen LogP contribution in [0.1, 0.15) is 30.8 Å². The summed E-state index contributed by atoms with van der Waals surface area (Å²) in [6.07, 6.45) is -7.21. The fourth-order valence-electron chi connectivity index (χ4n) is 5.65. The molecule has 16 nitrogen and oxygen atoms in total. The van der Waals surface area contributed by atoms with Gasteiger partial charge in [-0.1, -0.05) is 30.6 Å². The predicted molar refractivity (Wildman–Crippen MR) is 221 cm³/mol. The Morgan fingerprint density at radius 2 is 1.19 bits per heavy atom. The number of piperazine rings is 2. The number of hydrogen-bond acceptors (Lipinski definition) is 14. The van der Waals surface area contributed by atoms with Gasteiger partial charge in [-0.05, 0) is 60.7 Å². The van der Waals surface area contributed by atoms with Gasteiger partial charge in [0.2, 0.25) is 6.08 Å². The van der Waals surface area contributed by atoms with Crippen LogP contribution in [0.25, 0.3) is 0 Å². The molecular weight excluding hydrogens is 893 g/mol. The monoisotopic (exact) mass is 936 g/mol. The first-order chi connectivity index (χ1) is 29.4. The van der Waals surface area contributed by atoms with Crippen LogP contribution in [0, 0.1) is 0 Å². The maximum atomic E-state index is 12.4. The highest BCUT2D eigenvalue weighted by Gasteiger charge is 2.32. The topological polar surface area (TPSA) is 205 Å². The summed E-state index contributed by atoms with van der Waals surface area (Å²) in [7, 11) is 0. The number of aromatic nitrogens is 2. The van der Waals surface area contributed by atoms with Gasteiger partial charge in [-0.3, -0.25) is 0 Å². The average molecular weight is 938 g/mol. The number of benzene rings is 2. The number of halogens is 8. The van der Waals surface area contributed by atoms with Crippen LogP contribution in [0.4, 0.5) is 54.1 Å². The highest BCUT2D eigenvalue weighted by Crippen LogP contribution is 2.29. The number of alkyl halides is 6. The van der Waals surface area contributed by atoms with Gasteiger partial charge in [0.25, 0.3) is 0 Å². The molecule has 2 amide bonds. The van der Waals surface area contributed by atoms with Crippen LogP contribution in [-0.4, -0.2) is 126 Å². The minimum atomic E-state index is -4.78. The fourth-order valence-corrected chi connectivity index (χ4v) is 6.24. The average Bonchev–Trinajstić information content (AvgIpc) is 3.24. The van der Waals surface area contributed by atoms with Crippen molar-refractivity contribution in [1.82, 2.24) is 20.2 Å². The van der Waals surface area contributed by atoms with E-state index in [0.717, 1.165) is 56.3 Å². The second-order valence-electron chi connectivity index (χ2n) is 13.0. The van der Waals surface area contributed by atoms with Crippen molar-refractivity contribution in [2.75, 3.05) is 80.7 Å². The van der Waals surface area contributed by atoms with E-state index in [1.165, 1.54) is 42.6 Å². The Kier molecular flexibility index (Phi) is 20.1. The number of hydrogen-bond donors (Lipinski definition) is 6. The number of carbonyl (C=O) groups is 1. The Hall–Kier alpha value is -5.45. The molecule has 6 rings (SSSR count). The minimum absolute atomic E-state index is 0. The number of nitrogens with one attached hydrogen (secondary N) is 2. The second-order valence-corrected chi connectivity index (χ2v) is 13.8. The number of anilines is 3. The van der Waals surface area contributed by atoms with E-state index in [9.17, 15) is 46.1 Å². The first-order valence-corrected chi connectivity index (χ1v) is 19.1. The van der Waals surface area contributed by atoms with Gasteiger partial charge >= 0.3 is 18.8 Å². The molecule has 2 atom stereocenters. The van der Waals surface area contributed by atoms with Crippen LogP contribution in [0.5, 0.6) is 11.5 Å². The summed E-state index contributed by atoms with van der Waals surface area (Å²) >= 11 is 12.4. The van der Waals surface area contributed by atoms with E-state index in [0.29, 0.717) is 58.9 Å². The number of ether oxygens (including phenoxy) is 2. The summed E-state index contributed by atoms with van der Waals surface area (Å²) in [4.78, 5) is 39.5. The van der Waals surface area contributed by atoms with Crippen molar-refractivity contribution in [3.8, 4) is 11.5 Å². The van der Waals surface area contributed by atoms with Gasteiger partial charge in [-0.15, -0.1) is 26.3 Å². The van der Waals surface area contributed by atoms with Gasteiger partial charge in [0.15, 0.2) is 0 Å². The van der Waals surface area contributed by atoms with Gasteiger partial charge in [0.1, 0.15) is 35.3 Å². The van der Waals surface area contributed by atoms with Gasteiger partial charge in [-0.2, -0.15) is 4.99 Å². The number of pyridine rings is 2. The van der Waals surface area contributed by atoms with Crippen molar-refractivity contribution in [3.63, 3.8) is 0 Å². The largest absolute Gasteiger partial charge is 0.573 e. The van der Waals surface area contributed by atoms with E-state index in [2.05, 4.69) is 40.0 Å². The molecule has 2 fully saturated rings. The Balaban J connectivity index is 0.000000278. The SMILES string of the molecule is C.O=C(Nc1ccc(OC(F)(F)F)cc1)N1CCN(c2ncc([C@H](O)CO)cc2Cl)CC1.O=C=Nc1ccc(OC(F)(F)F)cc1.OC[C@@H](O)c1cnc(N2CCNCC2)c(Cl)c1. The lowest BCUT2D eigenvalue weighted by atomic mass is 10.1. The molecule has 0 unspecified atom stereocenters. The van der Waals surface area contributed by atoms with Gasteiger partial charge < -0.3 is 55.2 Å². The Bertz CT molecular complexity index is 2090. The fraction of sp³-hybridized carbons (Fsp3) is 0.385. The lowest BCUT2D eigenvalue weighted by Crippen LogP contribution is -2.50. The summed E-state index contributed by atoms with van der Waals surface area (Å²) in [5, 5.41) is 43.7. The predicted octanol–water partition coefficient (Wildman–Crippen LogP) is 6.37. The summed E-state index contributed by atoms with van der Waals surface area (Å²) in [5.74, 6) is 0.515. The van der Waals surface area contributed by atoms with Crippen LogP contribution in [0.3, 0.4) is 0 Å². The number of aliphatic hydroxyl groups excluding tert-OH is 4. The van der Waals surface area contributed by atoms with Crippen molar-refractivity contribution in [2.45, 2.75) is 32.4 Å². The molecule has 2 aromatic carbocycles. The maximum absolute atomic E-state index is 12.4. The number of aliphatic imine (C=N–C) groups is 1.